The van der Waals surface area contributed by atoms with Gasteiger partial charge in [0.1, 0.15) is 0 Å². The summed E-state index contributed by atoms with van der Waals surface area (Å²) in [5.74, 6) is 0. The Kier molecular flexibility index (Phi) is 6.17. The molecule has 0 saturated heterocycles. The Balaban J connectivity index is 3.78. The van der Waals surface area contributed by atoms with Crippen LogP contribution in [0.5, 0.6) is 0 Å². The number of nitrogens with one attached hydrogen (secondary N) is 1. The fourth-order valence-corrected chi connectivity index (χ4v) is 1.45. The third-order valence-electron chi connectivity index (χ3n) is 1.55. The van der Waals surface area contributed by atoms with Crippen LogP contribution in [0, 0.1) is 11.3 Å². The van der Waals surface area contributed by atoms with Crippen molar-refractivity contribution in [3.8, 4) is 6.07 Å². The number of rotatable bonds is 7. The molecule has 0 aromatic rings. The summed E-state index contributed by atoms with van der Waals surface area (Å²) in [7, 11) is -3.52. The van der Waals surface area contributed by atoms with E-state index in [-0.39, 0.29) is 13.2 Å². The number of hydrogen-bond donors (Lipinski definition) is 1. The summed E-state index contributed by atoms with van der Waals surface area (Å²) in [6, 6.07) is 1.66. The van der Waals surface area contributed by atoms with E-state index in [1.54, 1.807) is 6.07 Å². The van der Waals surface area contributed by atoms with Crippen molar-refractivity contribution < 1.29 is 13.2 Å². The largest absolute Gasteiger partial charge is 0.376 e. The van der Waals surface area contributed by atoms with Crippen LogP contribution in [0.25, 0.3) is 0 Å². The molecule has 0 spiro atoms. The zero-order valence-electron chi connectivity index (χ0n) is 8.99. The molecule has 0 aliphatic carbocycles. The first-order chi connectivity index (χ1) is 6.90. The van der Waals surface area contributed by atoms with Gasteiger partial charge in [0.15, 0.2) is 5.25 Å². The second kappa shape index (κ2) is 6.56. The first kappa shape index (κ1) is 14.1. The topological polar surface area (TPSA) is 79.2 Å². The maximum atomic E-state index is 11.3. The molecule has 0 aliphatic rings. The summed E-state index contributed by atoms with van der Waals surface area (Å²) in [5, 5.41) is 7.39. The number of sulfonamides is 1. The Morgan fingerprint density at radius 2 is 2.27 bits per heavy atom. The second-order valence-electron chi connectivity index (χ2n) is 3.22. The van der Waals surface area contributed by atoms with Gasteiger partial charge in [-0.3, -0.25) is 0 Å². The zero-order chi connectivity index (χ0) is 11.9. The Labute approximate surface area is 90.8 Å². The van der Waals surface area contributed by atoms with Gasteiger partial charge in [0.2, 0.25) is 10.0 Å². The number of ether oxygens (including phenoxy) is 1. The van der Waals surface area contributed by atoms with Crippen molar-refractivity contribution in [1.29, 1.82) is 5.26 Å². The van der Waals surface area contributed by atoms with Gasteiger partial charge in [-0.05, 0) is 13.8 Å². The van der Waals surface area contributed by atoms with E-state index in [4.69, 9.17) is 10.00 Å². The van der Waals surface area contributed by atoms with Crippen LogP contribution in [-0.2, 0) is 14.8 Å². The second-order valence-corrected chi connectivity index (χ2v) is 5.31. The molecule has 1 atom stereocenters. The molecule has 0 saturated carbocycles. The Morgan fingerprint density at radius 1 is 1.67 bits per heavy atom. The summed E-state index contributed by atoms with van der Waals surface area (Å²) in [6.07, 6.45) is 0. The maximum Gasteiger partial charge on any atom is 0.227 e. The lowest BCUT2D eigenvalue weighted by Crippen LogP contribution is -2.34. The molecule has 0 heterocycles. The fourth-order valence-electron chi connectivity index (χ4n) is 0.697. The van der Waals surface area contributed by atoms with E-state index in [1.165, 1.54) is 6.92 Å². The minimum atomic E-state index is -3.52. The van der Waals surface area contributed by atoms with E-state index in [9.17, 15) is 8.42 Å². The van der Waals surface area contributed by atoms with E-state index >= 15 is 0 Å². The van der Waals surface area contributed by atoms with E-state index in [0.717, 1.165) is 5.57 Å². The smallest absolute Gasteiger partial charge is 0.227 e. The predicted octanol–water partition coefficient (Wildman–Crippen LogP) is 0.411. The molecule has 0 amide bonds. The van der Waals surface area contributed by atoms with Crippen LogP contribution in [0.15, 0.2) is 12.2 Å². The van der Waals surface area contributed by atoms with Crippen molar-refractivity contribution in [2.24, 2.45) is 0 Å². The minimum absolute atomic E-state index is 0.168. The maximum absolute atomic E-state index is 11.3. The van der Waals surface area contributed by atoms with E-state index in [0.29, 0.717) is 6.61 Å². The monoisotopic (exact) mass is 232 g/mol. The molecule has 0 aromatic heterocycles. The molecule has 5 nitrogen and oxygen atoms in total. The van der Waals surface area contributed by atoms with Crippen molar-refractivity contribution >= 4 is 10.0 Å². The Morgan fingerprint density at radius 3 is 2.73 bits per heavy atom. The van der Waals surface area contributed by atoms with Gasteiger partial charge < -0.3 is 4.74 Å². The SMILES string of the molecule is C=C(C)COCCNS(=O)(=O)C(C)C#N. The molecule has 86 valence electrons. The molecule has 15 heavy (non-hydrogen) atoms. The fraction of sp³-hybridized carbons (Fsp3) is 0.667. The zero-order valence-corrected chi connectivity index (χ0v) is 9.80. The van der Waals surface area contributed by atoms with Crippen molar-refractivity contribution in [1.82, 2.24) is 4.72 Å². The van der Waals surface area contributed by atoms with Crippen molar-refractivity contribution in [2.45, 2.75) is 19.1 Å². The van der Waals surface area contributed by atoms with Crippen LogP contribution in [0.3, 0.4) is 0 Å². The van der Waals surface area contributed by atoms with Gasteiger partial charge in [0, 0.05) is 6.54 Å². The van der Waals surface area contributed by atoms with Crippen molar-refractivity contribution in [2.75, 3.05) is 19.8 Å². The van der Waals surface area contributed by atoms with Crippen LogP contribution in [0.4, 0.5) is 0 Å². The van der Waals surface area contributed by atoms with Crippen LogP contribution < -0.4 is 4.72 Å². The lowest BCUT2D eigenvalue weighted by Gasteiger charge is -2.08. The molecule has 1 N–H and O–H groups in total. The molecule has 0 rings (SSSR count). The summed E-state index contributed by atoms with van der Waals surface area (Å²) in [5.41, 5.74) is 0.878. The molecular formula is C9H16N2O3S. The van der Waals surface area contributed by atoms with Crippen LogP contribution >= 0.6 is 0 Å². The third kappa shape index (κ3) is 6.23. The van der Waals surface area contributed by atoms with E-state index in [1.807, 2.05) is 6.92 Å². The van der Waals surface area contributed by atoms with Gasteiger partial charge in [-0.15, -0.1) is 0 Å². The standard InChI is InChI=1S/C9H16N2O3S/c1-8(2)7-14-5-4-11-15(12,13)9(3)6-10/h9,11H,1,4-5,7H2,2-3H3. The van der Waals surface area contributed by atoms with Gasteiger partial charge in [0.05, 0.1) is 19.3 Å². The highest BCUT2D eigenvalue weighted by atomic mass is 32.2. The number of hydrogen-bond acceptors (Lipinski definition) is 4. The summed E-state index contributed by atoms with van der Waals surface area (Å²) in [6.45, 7) is 7.64. The Hall–Kier alpha value is -0.900. The van der Waals surface area contributed by atoms with Gasteiger partial charge in [-0.1, -0.05) is 12.2 Å². The number of nitrogens with zero attached hydrogens (tertiary/aromatic N) is 1. The molecule has 1 unspecified atom stereocenters. The molecule has 6 heteroatoms. The lowest BCUT2D eigenvalue weighted by molar-refractivity contribution is 0.162. The first-order valence-electron chi connectivity index (χ1n) is 4.50. The van der Waals surface area contributed by atoms with Crippen molar-refractivity contribution in [3.63, 3.8) is 0 Å². The van der Waals surface area contributed by atoms with E-state index in [2.05, 4.69) is 11.3 Å². The number of nitriles is 1. The quantitative estimate of drug-likeness (QED) is 0.509. The summed E-state index contributed by atoms with van der Waals surface area (Å²) in [4.78, 5) is 0. The van der Waals surface area contributed by atoms with Crippen molar-refractivity contribution in [3.05, 3.63) is 12.2 Å². The average molecular weight is 232 g/mol. The van der Waals surface area contributed by atoms with E-state index < -0.39 is 15.3 Å². The molecule has 0 bridgehead atoms. The molecular weight excluding hydrogens is 216 g/mol. The van der Waals surface area contributed by atoms with Crippen LogP contribution in [0.2, 0.25) is 0 Å². The van der Waals surface area contributed by atoms with Crippen LogP contribution in [0.1, 0.15) is 13.8 Å². The lowest BCUT2D eigenvalue weighted by atomic mass is 10.4. The normalized spacial score (nSPS) is 13.1. The van der Waals surface area contributed by atoms with Gasteiger partial charge in [-0.2, -0.15) is 5.26 Å². The minimum Gasteiger partial charge on any atom is -0.376 e. The average Bonchev–Trinajstić information content (AvgIpc) is 2.15. The van der Waals surface area contributed by atoms with Gasteiger partial charge in [0.25, 0.3) is 0 Å². The van der Waals surface area contributed by atoms with Gasteiger partial charge in [-0.25, -0.2) is 13.1 Å². The Bertz CT molecular complexity index is 343. The third-order valence-corrected chi connectivity index (χ3v) is 3.19. The highest BCUT2D eigenvalue weighted by Gasteiger charge is 2.18. The van der Waals surface area contributed by atoms with Crippen LogP contribution in [-0.4, -0.2) is 33.4 Å². The highest BCUT2D eigenvalue weighted by Crippen LogP contribution is 1.95. The summed E-state index contributed by atoms with van der Waals surface area (Å²) < 4.78 is 29.9. The molecule has 0 aromatic carbocycles. The molecule has 0 fully saturated rings. The van der Waals surface area contributed by atoms with Gasteiger partial charge >= 0.3 is 0 Å². The first-order valence-corrected chi connectivity index (χ1v) is 6.05. The predicted molar refractivity (Wildman–Crippen MR) is 57.6 cm³/mol. The molecule has 0 radical (unpaired) electrons. The molecule has 0 aliphatic heterocycles. The summed E-state index contributed by atoms with van der Waals surface area (Å²) >= 11 is 0. The highest BCUT2D eigenvalue weighted by molar-refractivity contribution is 7.90.